The van der Waals surface area contributed by atoms with Crippen LogP contribution in [0.15, 0.2) is 17.2 Å². The third-order valence-electron chi connectivity index (χ3n) is 6.28. The first kappa shape index (κ1) is 20.3. The van der Waals surface area contributed by atoms with Crippen molar-refractivity contribution in [3.63, 3.8) is 0 Å². The number of aryl methyl sites for hydroxylation is 2. The van der Waals surface area contributed by atoms with Crippen LogP contribution in [0.25, 0.3) is 0 Å². The van der Waals surface area contributed by atoms with E-state index in [0.717, 1.165) is 55.3 Å². The lowest BCUT2D eigenvalue weighted by Gasteiger charge is -2.24. The highest BCUT2D eigenvalue weighted by atomic mass is 32.2. The van der Waals surface area contributed by atoms with Crippen LogP contribution < -0.4 is 14.8 Å². The highest BCUT2D eigenvalue weighted by molar-refractivity contribution is 7.90. The van der Waals surface area contributed by atoms with E-state index in [9.17, 15) is 13.2 Å². The summed E-state index contributed by atoms with van der Waals surface area (Å²) in [6, 6.07) is 1.50. The Bertz CT molecular complexity index is 1110. The maximum absolute atomic E-state index is 12.9. The molecule has 1 aromatic heterocycles. The van der Waals surface area contributed by atoms with Gasteiger partial charge in [0, 0.05) is 18.7 Å². The number of nitrogens with zero attached hydrogens (tertiary/aromatic N) is 2. The second kappa shape index (κ2) is 7.83. The number of urea groups is 1. The summed E-state index contributed by atoms with van der Waals surface area (Å²) in [4.78, 5) is 12.6. The molecule has 2 amide bonds. The summed E-state index contributed by atoms with van der Waals surface area (Å²) in [6.45, 7) is 1.32. The van der Waals surface area contributed by atoms with Crippen molar-refractivity contribution in [3.8, 4) is 5.88 Å². The largest absolute Gasteiger partial charge is 0.476 e. The minimum Gasteiger partial charge on any atom is -0.476 e. The number of methoxy groups -OCH3 is 1. The van der Waals surface area contributed by atoms with Gasteiger partial charge in [-0.2, -0.15) is 5.10 Å². The Hall–Kier alpha value is -2.59. The van der Waals surface area contributed by atoms with Gasteiger partial charge in [0.15, 0.2) is 4.90 Å². The molecule has 2 N–H and O–H groups in total. The van der Waals surface area contributed by atoms with E-state index in [2.05, 4.69) is 21.2 Å². The van der Waals surface area contributed by atoms with E-state index in [4.69, 9.17) is 9.47 Å². The lowest BCUT2D eigenvalue weighted by atomic mass is 9.99. The highest BCUT2D eigenvalue weighted by Crippen LogP contribution is 2.38. The third kappa shape index (κ3) is 3.67. The average molecular weight is 447 g/mol. The first-order valence-electron chi connectivity index (χ1n) is 10.6. The molecule has 1 unspecified atom stereocenters. The molecule has 9 nitrogen and oxygen atoms in total. The van der Waals surface area contributed by atoms with Gasteiger partial charge < -0.3 is 14.8 Å². The van der Waals surface area contributed by atoms with Gasteiger partial charge in [-0.05, 0) is 60.8 Å². The molecule has 1 atom stereocenters. The van der Waals surface area contributed by atoms with Gasteiger partial charge in [0.25, 0.3) is 10.0 Å². The molecular formula is C21H26N4O5S. The summed E-state index contributed by atoms with van der Waals surface area (Å²) in [5, 5.41) is 6.98. The van der Waals surface area contributed by atoms with E-state index in [1.165, 1.54) is 22.0 Å². The Balaban J connectivity index is 1.36. The minimum absolute atomic E-state index is 0.0893. The Morgan fingerprint density at radius 1 is 1.23 bits per heavy atom. The molecular weight excluding hydrogens is 420 g/mol. The zero-order valence-electron chi connectivity index (χ0n) is 17.4. The number of sulfonamides is 1. The fraction of sp³-hybridized carbons (Fsp3) is 0.524. The molecule has 0 saturated heterocycles. The number of fused-ring (bicyclic) bond motifs is 3. The number of amides is 2. The molecule has 1 aromatic carbocycles. The SMILES string of the molecule is COCC1COc2c(S(=O)(=O)NC(=O)Nc3c4c(cc5c3CCC5)CCC4)cnn2C1. The molecule has 0 spiro atoms. The molecule has 0 saturated carbocycles. The zero-order chi connectivity index (χ0) is 21.6. The van der Waals surface area contributed by atoms with Crippen molar-refractivity contribution >= 4 is 21.7 Å². The van der Waals surface area contributed by atoms with Crippen molar-refractivity contribution < 1.29 is 22.7 Å². The molecule has 2 heterocycles. The quantitative estimate of drug-likeness (QED) is 0.727. The van der Waals surface area contributed by atoms with Gasteiger partial charge in [-0.1, -0.05) is 6.07 Å². The molecule has 2 aliphatic carbocycles. The second-order valence-corrected chi connectivity index (χ2v) is 10.1. The number of nitrogens with one attached hydrogen (secondary N) is 2. The van der Waals surface area contributed by atoms with E-state index in [-0.39, 0.29) is 16.7 Å². The second-order valence-electron chi connectivity index (χ2n) is 8.42. The van der Waals surface area contributed by atoms with Gasteiger partial charge in [0.05, 0.1) is 26.0 Å². The molecule has 1 aliphatic heterocycles. The molecule has 2 aromatic rings. The monoisotopic (exact) mass is 446 g/mol. The van der Waals surface area contributed by atoms with Crippen molar-refractivity contribution in [2.75, 3.05) is 25.6 Å². The van der Waals surface area contributed by atoms with E-state index in [0.29, 0.717) is 19.8 Å². The van der Waals surface area contributed by atoms with Crippen LogP contribution in [0.1, 0.15) is 35.1 Å². The number of hydrogen-bond acceptors (Lipinski definition) is 6. The lowest BCUT2D eigenvalue weighted by Crippen LogP contribution is -2.35. The first-order valence-corrected chi connectivity index (χ1v) is 12.1. The Morgan fingerprint density at radius 2 is 1.94 bits per heavy atom. The topological polar surface area (TPSA) is 112 Å². The number of carbonyl (C=O) groups is 1. The summed E-state index contributed by atoms with van der Waals surface area (Å²) in [7, 11) is -2.53. The fourth-order valence-electron chi connectivity index (χ4n) is 4.93. The average Bonchev–Trinajstić information content (AvgIpc) is 3.46. The van der Waals surface area contributed by atoms with Crippen LogP contribution in [-0.4, -0.2) is 44.6 Å². The number of rotatable bonds is 5. The molecule has 0 fully saturated rings. The Labute approximate surface area is 181 Å². The van der Waals surface area contributed by atoms with Crippen molar-refractivity contribution in [2.24, 2.45) is 5.92 Å². The smallest absolute Gasteiger partial charge is 0.333 e. The fourth-order valence-corrected chi connectivity index (χ4v) is 5.92. The van der Waals surface area contributed by atoms with Crippen LogP contribution in [0.3, 0.4) is 0 Å². The van der Waals surface area contributed by atoms with Crippen LogP contribution in [0.4, 0.5) is 10.5 Å². The zero-order valence-corrected chi connectivity index (χ0v) is 18.3. The van der Waals surface area contributed by atoms with Gasteiger partial charge in [-0.15, -0.1) is 0 Å². The number of anilines is 1. The van der Waals surface area contributed by atoms with Crippen LogP contribution in [-0.2, 0) is 47.0 Å². The van der Waals surface area contributed by atoms with E-state index < -0.39 is 16.1 Å². The number of hydrogen-bond donors (Lipinski definition) is 2. The van der Waals surface area contributed by atoms with E-state index >= 15 is 0 Å². The molecule has 0 radical (unpaired) electrons. The molecule has 10 heteroatoms. The van der Waals surface area contributed by atoms with E-state index in [1.807, 2.05) is 0 Å². The van der Waals surface area contributed by atoms with Gasteiger partial charge in [-0.3, -0.25) is 0 Å². The predicted molar refractivity (Wildman–Crippen MR) is 113 cm³/mol. The van der Waals surface area contributed by atoms with Crippen molar-refractivity contribution in [2.45, 2.75) is 50.0 Å². The van der Waals surface area contributed by atoms with Crippen LogP contribution in [0.5, 0.6) is 5.88 Å². The highest BCUT2D eigenvalue weighted by Gasteiger charge is 2.32. The summed E-state index contributed by atoms with van der Waals surface area (Å²) in [5.41, 5.74) is 5.62. The van der Waals surface area contributed by atoms with Crippen molar-refractivity contribution in [1.29, 1.82) is 0 Å². The van der Waals surface area contributed by atoms with Gasteiger partial charge in [0.2, 0.25) is 5.88 Å². The van der Waals surface area contributed by atoms with Crippen LogP contribution in [0.2, 0.25) is 0 Å². The number of ether oxygens (including phenoxy) is 2. The maximum Gasteiger partial charge on any atom is 0.333 e. The maximum atomic E-state index is 12.9. The summed E-state index contributed by atoms with van der Waals surface area (Å²) in [5.74, 6) is 0.237. The number of carbonyl (C=O) groups excluding carboxylic acids is 1. The summed E-state index contributed by atoms with van der Waals surface area (Å²) < 4.78 is 40.2. The Morgan fingerprint density at radius 3 is 2.61 bits per heavy atom. The minimum atomic E-state index is -4.14. The standard InChI is InChI=1S/C21H26N4O5S/c1-29-11-13-10-25-20(30-12-13)18(9-22-25)31(27,28)24-21(26)23-19-16-6-2-4-14(16)8-15-5-3-7-17(15)19/h8-9,13H,2-7,10-12H2,1H3,(H2,23,24,26). The lowest BCUT2D eigenvalue weighted by molar-refractivity contribution is 0.0779. The third-order valence-corrected chi connectivity index (χ3v) is 7.59. The first-order chi connectivity index (χ1) is 15.0. The molecule has 3 aliphatic rings. The van der Waals surface area contributed by atoms with Gasteiger partial charge in [0.1, 0.15) is 0 Å². The molecule has 5 rings (SSSR count). The van der Waals surface area contributed by atoms with Crippen LogP contribution >= 0.6 is 0 Å². The number of benzene rings is 1. The molecule has 31 heavy (non-hydrogen) atoms. The number of aromatic nitrogens is 2. The van der Waals surface area contributed by atoms with E-state index in [1.54, 1.807) is 7.11 Å². The summed E-state index contributed by atoms with van der Waals surface area (Å²) >= 11 is 0. The van der Waals surface area contributed by atoms with Crippen molar-refractivity contribution in [1.82, 2.24) is 14.5 Å². The van der Waals surface area contributed by atoms with Crippen LogP contribution in [0, 0.1) is 5.92 Å². The van der Waals surface area contributed by atoms with Gasteiger partial charge in [-0.25, -0.2) is 22.6 Å². The molecule has 166 valence electrons. The van der Waals surface area contributed by atoms with Gasteiger partial charge >= 0.3 is 6.03 Å². The summed E-state index contributed by atoms with van der Waals surface area (Å²) in [6.07, 6.45) is 7.13. The van der Waals surface area contributed by atoms with Crippen molar-refractivity contribution in [3.05, 3.63) is 34.5 Å². The normalized spacial score (nSPS) is 19.3. The predicted octanol–water partition coefficient (Wildman–Crippen LogP) is 2.03. The molecule has 0 bridgehead atoms. The Kier molecular flexibility index (Phi) is 5.13.